The molecule has 2 aromatic carbocycles. The predicted molar refractivity (Wildman–Crippen MR) is 136 cm³/mol. The second-order valence-corrected chi connectivity index (χ2v) is 9.48. The van der Waals surface area contributed by atoms with Gasteiger partial charge in [0.05, 0.1) is 5.69 Å². The summed E-state index contributed by atoms with van der Waals surface area (Å²) in [6, 6.07) is 17.7. The van der Waals surface area contributed by atoms with Gasteiger partial charge in [0.1, 0.15) is 12.4 Å². The van der Waals surface area contributed by atoms with Gasteiger partial charge in [-0.15, -0.1) is 10.2 Å². The highest BCUT2D eigenvalue weighted by atomic mass is 19.1. The van der Waals surface area contributed by atoms with Gasteiger partial charge in [-0.05, 0) is 74.2 Å². The van der Waals surface area contributed by atoms with Gasteiger partial charge in [0.15, 0.2) is 5.82 Å². The molecular weight excluding hydrogens is 457 g/mol. The summed E-state index contributed by atoms with van der Waals surface area (Å²) in [5, 5.41) is 8.70. The Balaban J connectivity index is 1.21. The molecule has 186 valence electrons. The number of anilines is 1. The van der Waals surface area contributed by atoms with Gasteiger partial charge in [-0.2, -0.15) is 0 Å². The van der Waals surface area contributed by atoms with E-state index in [-0.39, 0.29) is 30.2 Å². The Hall–Kier alpha value is -3.81. The number of amides is 2. The topological polar surface area (TPSA) is 69.6 Å². The third-order valence-electron chi connectivity index (χ3n) is 6.89. The summed E-state index contributed by atoms with van der Waals surface area (Å²) in [6.45, 7) is 4.67. The van der Waals surface area contributed by atoms with E-state index in [1.165, 1.54) is 12.1 Å². The average molecular weight is 488 g/mol. The van der Waals surface area contributed by atoms with Crippen LogP contribution in [0.25, 0.3) is 11.3 Å². The van der Waals surface area contributed by atoms with E-state index in [4.69, 9.17) is 0 Å². The second-order valence-electron chi connectivity index (χ2n) is 9.48. The van der Waals surface area contributed by atoms with Gasteiger partial charge < -0.3 is 14.7 Å². The van der Waals surface area contributed by atoms with Crippen LogP contribution in [0.2, 0.25) is 0 Å². The Morgan fingerprint density at radius 3 is 2.42 bits per heavy atom. The van der Waals surface area contributed by atoms with Crippen LogP contribution in [0.15, 0.2) is 60.7 Å². The molecule has 1 aliphatic carbocycles. The van der Waals surface area contributed by atoms with Crippen molar-refractivity contribution in [3.63, 3.8) is 0 Å². The zero-order valence-corrected chi connectivity index (χ0v) is 20.4. The molecule has 8 heteroatoms. The number of nitrogens with zero attached hydrogens (tertiary/aromatic N) is 5. The van der Waals surface area contributed by atoms with Crippen LogP contribution in [0.3, 0.4) is 0 Å². The average Bonchev–Trinajstić information content (AvgIpc) is 3.75. The highest BCUT2D eigenvalue weighted by molar-refractivity contribution is 5.98. The molecule has 2 aliphatic rings. The minimum atomic E-state index is -0.285. The summed E-state index contributed by atoms with van der Waals surface area (Å²) in [6.07, 6.45) is 2.71. The highest BCUT2D eigenvalue weighted by Gasteiger charge is 2.35. The molecule has 1 saturated carbocycles. The van der Waals surface area contributed by atoms with Crippen molar-refractivity contribution in [2.75, 3.05) is 37.6 Å². The van der Waals surface area contributed by atoms with Crippen LogP contribution < -0.4 is 4.90 Å². The van der Waals surface area contributed by atoms with Gasteiger partial charge in [0.2, 0.25) is 5.91 Å². The summed E-state index contributed by atoms with van der Waals surface area (Å²) in [4.78, 5) is 32.2. The first-order valence-electron chi connectivity index (χ1n) is 12.5. The van der Waals surface area contributed by atoms with E-state index in [0.717, 1.165) is 42.8 Å². The number of carbonyl (C=O) groups excluding carboxylic acids is 2. The van der Waals surface area contributed by atoms with Crippen molar-refractivity contribution in [1.29, 1.82) is 0 Å². The lowest BCUT2D eigenvalue weighted by atomic mass is 10.1. The lowest BCUT2D eigenvalue weighted by Crippen LogP contribution is -2.45. The first-order chi connectivity index (χ1) is 17.5. The fourth-order valence-corrected chi connectivity index (χ4v) is 4.63. The van der Waals surface area contributed by atoms with Crippen LogP contribution in [-0.2, 0) is 4.79 Å². The van der Waals surface area contributed by atoms with Crippen molar-refractivity contribution in [2.24, 2.45) is 0 Å². The summed E-state index contributed by atoms with van der Waals surface area (Å²) >= 11 is 0. The maximum atomic E-state index is 13.2. The number of rotatable bonds is 6. The number of hydrogen-bond acceptors (Lipinski definition) is 5. The van der Waals surface area contributed by atoms with Gasteiger partial charge in [-0.1, -0.05) is 18.2 Å². The minimum absolute atomic E-state index is 0.0107. The fraction of sp³-hybridized carbons (Fsp3) is 0.357. The molecule has 0 spiro atoms. The predicted octanol–water partition coefficient (Wildman–Crippen LogP) is 3.93. The molecule has 36 heavy (non-hydrogen) atoms. The zero-order valence-electron chi connectivity index (χ0n) is 20.4. The zero-order chi connectivity index (χ0) is 25.1. The highest BCUT2D eigenvalue weighted by Crippen LogP contribution is 2.29. The Morgan fingerprint density at radius 2 is 1.72 bits per heavy atom. The van der Waals surface area contributed by atoms with Gasteiger partial charge in [0.25, 0.3) is 5.91 Å². The van der Waals surface area contributed by atoms with Crippen LogP contribution >= 0.6 is 0 Å². The van der Waals surface area contributed by atoms with Crippen LogP contribution in [0.1, 0.15) is 35.2 Å². The van der Waals surface area contributed by atoms with E-state index in [2.05, 4.69) is 15.1 Å². The standard InChI is InChI=1S/C28H30FN5O2/c1-20-5-2-3-6-24(20)28(36)34(23-11-12-23)19-27(35)33-16-4-15-32(17-18-33)26-14-13-25(30-31-26)21-7-9-22(29)10-8-21/h2-3,5-10,13-14,23H,4,11-12,15-19H2,1H3. The largest absolute Gasteiger partial charge is 0.353 e. The minimum Gasteiger partial charge on any atom is -0.353 e. The van der Waals surface area contributed by atoms with Gasteiger partial charge in [0, 0.05) is 43.3 Å². The summed E-state index contributed by atoms with van der Waals surface area (Å²) in [5.74, 6) is 0.400. The molecule has 7 nitrogen and oxygen atoms in total. The molecular formula is C28H30FN5O2. The maximum absolute atomic E-state index is 13.2. The summed E-state index contributed by atoms with van der Waals surface area (Å²) in [5.41, 5.74) is 3.09. The van der Waals surface area contributed by atoms with Crippen molar-refractivity contribution in [3.8, 4) is 11.3 Å². The third kappa shape index (κ3) is 5.37. The van der Waals surface area contributed by atoms with E-state index in [1.54, 1.807) is 17.0 Å². The molecule has 1 aliphatic heterocycles. The molecule has 0 radical (unpaired) electrons. The van der Waals surface area contributed by atoms with Crippen molar-refractivity contribution >= 4 is 17.6 Å². The smallest absolute Gasteiger partial charge is 0.254 e. The van der Waals surface area contributed by atoms with Crippen LogP contribution in [-0.4, -0.2) is 70.6 Å². The molecule has 2 heterocycles. The number of benzene rings is 2. The third-order valence-corrected chi connectivity index (χ3v) is 6.89. The SMILES string of the molecule is Cc1ccccc1C(=O)N(CC(=O)N1CCCN(c2ccc(-c3ccc(F)cc3)nn2)CC1)C1CC1. The van der Waals surface area contributed by atoms with Crippen LogP contribution in [0, 0.1) is 12.7 Å². The second kappa shape index (κ2) is 10.4. The Morgan fingerprint density at radius 1 is 0.944 bits per heavy atom. The van der Waals surface area contributed by atoms with Crippen molar-refractivity contribution in [2.45, 2.75) is 32.2 Å². The molecule has 3 aromatic rings. The van der Waals surface area contributed by atoms with E-state index >= 15 is 0 Å². The monoisotopic (exact) mass is 487 g/mol. The molecule has 1 aromatic heterocycles. The molecule has 5 rings (SSSR count). The molecule has 0 unspecified atom stereocenters. The van der Waals surface area contributed by atoms with Crippen molar-refractivity contribution < 1.29 is 14.0 Å². The molecule has 0 N–H and O–H groups in total. The molecule has 2 fully saturated rings. The van der Waals surface area contributed by atoms with Gasteiger partial charge in [-0.25, -0.2) is 4.39 Å². The van der Waals surface area contributed by atoms with Crippen molar-refractivity contribution in [3.05, 3.63) is 77.6 Å². The lowest BCUT2D eigenvalue weighted by Gasteiger charge is -2.27. The first-order valence-corrected chi connectivity index (χ1v) is 12.5. The Kier molecular flexibility index (Phi) is 6.93. The molecule has 2 amide bonds. The number of aromatic nitrogens is 2. The fourth-order valence-electron chi connectivity index (χ4n) is 4.63. The molecule has 0 bridgehead atoms. The molecule has 1 saturated heterocycles. The van der Waals surface area contributed by atoms with Crippen LogP contribution in [0.5, 0.6) is 0 Å². The Labute approximate surface area is 210 Å². The summed E-state index contributed by atoms with van der Waals surface area (Å²) < 4.78 is 13.2. The van der Waals surface area contributed by atoms with Gasteiger partial charge >= 0.3 is 0 Å². The van der Waals surface area contributed by atoms with Crippen molar-refractivity contribution in [1.82, 2.24) is 20.0 Å². The normalized spacial score (nSPS) is 15.9. The Bertz CT molecular complexity index is 1230. The first kappa shape index (κ1) is 23.9. The maximum Gasteiger partial charge on any atom is 0.254 e. The number of aryl methyl sites for hydroxylation is 1. The number of carbonyl (C=O) groups is 2. The number of halogens is 1. The van der Waals surface area contributed by atoms with Gasteiger partial charge in [-0.3, -0.25) is 9.59 Å². The summed E-state index contributed by atoms with van der Waals surface area (Å²) in [7, 11) is 0. The van der Waals surface area contributed by atoms with E-state index in [1.807, 2.05) is 48.2 Å². The quantitative estimate of drug-likeness (QED) is 0.527. The van der Waals surface area contributed by atoms with E-state index < -0.39 is 0 Å². The molecule has 0 atom stereocenters. The van der Waals surface area contributed by atoms with E-state index in [0.29, 0.717) is 30.9 Å². The van der Waals surface area contributed by atoms with Crippen LogP contribution in [0.4, 0.5) is 10.2 Å². The number of hydrogen-bond donors (Lipinski definition) is 0. The lowest BCUT2D eigenvalue weighted by molar-refractivity contribution is -0.131. The van der Waals surface area contributed by atoms with E-state index in [9.17, 15) is 14.0 Å².